The van der Waals surface area contributed by atoms with Crippen molar-refractivity contribution in [3.8, 4) is 0 Å². The van der Waals surface area contributed by atoms with E-state index in [1.165, 1.54) is 23.2 Å². The van der Waals surface area contributed by atoms with E-state index in [0.717, 1.165) is 6.42 Å². The molecule has 0 fully saturated rings. The molecule has 0 spiro atoms. The molecule has 2 heteroatoms. The van der Waals surface area contributed by atoms with Crippen LogP contribution in [0.3, 0.4) is 0 Å². The minimum atomic E-state index is 0.562. The maximum absolute atomic E-state index is 4.42. The SMILES string of the molecule is CCCc1cccc(C(C)C)c1[N]=[Mo]. The van der Waals surface area contributed by atoms with Crippen molar-refractivity contribution in [1.29, 1.82) is 0 Å². The molecule has 0 aromatic heterocycles. The molecule has 0 saturated heterocycles. The molecule has 1 nitrogen and oxygen atoms in total. The van der Waals surface area contributed by atoms with Gasteiger partial charge in [0.05, 0.1) is 0 Å². The van der Waals surface area contributed by atoms with Gasteiger partial charge in [-0.3, -0.25) is 0 Å². The zero-order valence-corrected chi connectivity index (χ0v) is 11.1. The Morgan fingerprint density at radius 3 is 2.57 bits per heavy atom. The van der Waals surface area contributed by atoms with Crippen LogP contribution in [0.25, 0.3) is 0 Å². The van der Waals surface area contributed by atoms with Gasteiger partial charge in [0.15, 0.2) is 0 Å². The van der Waals surface area contributed by atoms with Crippen LogP contribution in [-0.2, 0) is 26.1 Å². The van der Waals surface area contributed by atoms with Crippen LogP contribution in [0.2, 0.25) is 0 Å². The summed E-state index contributed by atoms with van der Waals surface area (Å²) in [6.45, 7) is 6.66. The van der Waals surface area contributed by atoms with E-state index < -0.39 is 0 Å². The molecule has 1 rings (SSSR count). The van der Waals surface area contributed by atoms with E-state index in [1.54, 1.807) is 0 Å². The van der Waals surface area contributed by atoms with Crippen LogP contribution in [-0.4, -0.2) is 0 Å². The second kappa shape index (κ2) is 5.56. The van der Waals surface area contributed by atoms with Crippen LogP contribution in [0, 0.1) is 0 Å². The predicted molar refractivity (Wildman–Crippen MR) is 56.6 cm³/mol. The Morgan fingerprint density at radius 2 is 2.07 bits per heavy atom. The zero-order valence-electron chi connectivity index (χ0n) is 9.08. The van der Waals surface area contributed by atoms with Gasteiger partial charge in [-0.1, -0.05) is 0 Å². The molecule has 0 aliphatic carbocycles. The standard InChI is InChI=1S/C12H17N.Mo/c1-4-6-10-7-5-8-11(9(2)3)12(10)13;/h5,7-9H,4,6H2,1-3H3;. The number of hydrogen-bond acceptors (Lipinski definition) is 1. The quantitative estimate of drug-likeness (QED) is 0.730. The third kappa shape index (κ3) is 2.60. The molecule has 1 aromatic rings. The summed E-state index contributed by atoms with van der Waals surface area (Å²) in [7, 11) is 0. The van der Waals surface area contributed by atoms with Crippen molar-refractivity contribution in [2.75, 3.05) is 0 Å². The van der Waals surface area contributed by atoms with Gasteiger partial charge in [0.25, 0.3) is 0 Å². The third-order valence-corrected chi connectivity index (χ3v) is 2.83. The molecule has 1 aromatic carbocycles. The second-order valence-corrected chi connectivity index (χ2v) is 4.30. The topological polar surface area (TPSA) is 12.4 Å². The summed E-state index contributed by atoms with van der Waals surface area (Å²) < 4.78 is 4.42. The Kier molecular flexibility index (Phi) is 4.68. The number of benzene rings is 1. The number of nitrogens with zero attached hydrogens (tertiary/aromatic N) is 1. The Labute approximate surface area is 97.7 Å². The van der Waals surface area contributed by atoms with Gasteiger partial charge < -0.3 is 0 Å². The molecule has 0 aliphatic rings. The third-order valence-electron chi connectivity index (χ3n) is 2.38. The molecule has 0 N–H and O–H groups in total. The van der Waals surface area contributed by atoms with Gasteiger partial charge in [-0.15, -0.1) is 0 Å². The van der Waals surface area contributed by atoms with Crippen molar-refractivity contribution >= 4 is 5.69 Å². The molecule has 0 heterocycles. The molecule has 0 aliphatic heterocycles. The van der Waals surface area contributed by atoms with Crippen molar-refractivity contribution in [2.45, 2.75) is 39.5 Å². The zero-order chi connectivity index (χ0) is 10.6. The first-order valence-electron chi connectivity index (χ1n) is 5.15. The molecule has 0 amide bonds. The van der Waals surface area contributed by atoms with Crippen molar-refractivity contribution in [3.63, 3.8) is 0 Å². The van der Waals surface area contributed by atoms with Crippen LogP contribution >= 0.6 is 0 Å². The molecular weight excluding hydrogens is 254 g/mol. The van der Waals surface area contributed by atoms with Crippen molar-refractivity contribution < 1.29 is 19.6 Å². The fraction of sp³-hybridized carbons (Fsp3) is 0.500. The summed E-state index contributed by atoms with van der Waals surface area (Å²) in [5.74, 6) is 0.562. The fourth-order valence-corrected chi connectivity index (χ4v) is 2.21. The van der Waals surface area contributed by atoms with Gasteiger partial charge in [-0.25, -0.2) is 0 Å². The average molecular weight is 271 g/mol. The van der Waals surface area contributed by atoms with E-state index in [9.17, 15) is 0 Å². The molecule has 0 bridgehead atoms. The van der Waals surface area contributed by atoms with E-state index in [2.05, 4.69) is 42.5 Å². The molecule has 0 atom stereocenters. The van der Waals surface area contributed by atoms with Crippen molar-refractivity contribution in [3.05, 3.63) is 29.3 Å². The molecular formula is C12H17MoN. The van der Waals surface area contributed by atoms with Crippen LogP contribution in [0.1, 0.15) is 44.2 Å². The van der Waals surface area contributed by atoms with Gasteiger partial charge in [0.1, 0.15) is 0 Å². The summed E-state index contributed by atoms with van der Waals surface area (Å²) in [6, 6.07) is 6.53. The van der Waals surface area contributed by atoms with Crippen LogP contribution in [0.15, 0.2) is 21.7 Å². The van der Waals surface area contributed by atoms with E-state index in [1.807, 2.05) is 19.6 Å². The Balaban J connectivity index is 3.17. The summed E-state index contributed by atoms with van der Waals surface area (Å²) in [4.78, 5) is 0. The van der Waals surface area contributed by atoms with E-state index >= 15 is 0 Å². The molecule has 76 valence electrons. The normalized spacial score (nSPS) is 10.6. The van der Waals surface area contributed by atoms with Crippen molar-refractivity contribution in [1.82, 2.24) is 0 Å². The van der Waals surface area contributed by atoms with E-state index in [4.69, 9.17) is 0 Å². The van der Waals surface area contributed by atoms with Gasteiger partial charge in [-0.2, -0.15) is 0 Å². The fourth-order valence-electron chi connectivity index (χ4n) is 1.66. The Bertz CT molecular complexity index is 318. The molecule has 0 radical (unpaired) electrons. The Morgan fingerprint density at radius 1 is 1.36 bits per heavy atom. The summed E-state index contributed by atoms with van der Waals surface area (Å²) in [5, 5.41) is 0. The predicted octanol–water partition coefficient (Wildman–Crippen LogP) is 4.12. The van der Waals surface area contributed by atoms with Gasteiger partial charge in [0.2, 0.25) is 0 Å². The summed E-state index contributed by atoms with van der Waals surface area (Å²) in [6.07, 6.45) is 2.32. The van der Waals surface area contributed by atoms with Crippen LogP contribution < -0.4 is 0 Å². The molecule has 0 saturated carbocycles. The average Bonchev–Trinajstić information content (AvgIpc) is 2.18. The van der Waals surface area contributed by atoms with E-state index in [0.29, 0.717) is 5.92 Å². The number of aryl methyl sites for hydroxylation is 1. The Hall–Kier alpha value is -0.292. The summed E-state index contributed by atoms with van der Waals surface area (Å²) in [5.41, 5.74) is 3.99. The molecule has 0 unspecified atom stereocenters. The molecule has 14 heavy (non-hydrogen) atoms. The summed E-state index contributed by atoms with van der Waals surface area (Å²) >= 11 is 1.82. The first-order valence-corrected chi connectivity index (χ1v) is 6.05. The second-order valence-electron chi connectivity index (χ2n) is 3.85. The van der Waals surface area contributed by atoms with Gasteiger partial charge in [0, 0.05) is 0 Å². The first kappa shape index (κ1) is 11.8. The first-order chi connectivity index (χ1) is 6.70. The maximum atomic E-state index is 4.42. The van der Waals surface area contributed by atoms with Gasteiger partial charge >= 0.3 is 97.7 Å². The van der Waals surface area contributed by atoms with E-state index in [-0.39, 0.29) is 0 Å². The van der Waals surface area contributed by atoms with Crippen LogP contribution in [0.5, 0.6) is 0 Å². The minimum absolute atomic E-state index is 0.562. The van der Waals surface area contributed by atoms with Gasteiger partial charge in [-0.05, 0) is 0 Å². The monoisotopic (exact) mass is 273 g/mol. The van der Waals surface area contributed by atoms with Crippen molar-refractivity contribution in [2.24, 2.45) is 3.50 Å². The number of rotatable bonds is 4. The van der Waals surface area contributed by atoms with Crippen LogP contribution in [0.4, 0.5) is 5.69 Å². The number of hydrogen-bond donors (Lipinski definition) is 0.